The number of benzene rings is 1. The molecule has 0 aliphatic carbocycles. The Kier molecular flexibility index (Phi) is 24.5. The number of carbonyl (C=O) groups is 9. The van der Waals surface area contributed by atoms with Crippen LogP contribution in [0.3, 0.4) is 0 Å². The first-order chi connectivity index (χ1) is 43.1. The highest BCUT2D eigenvalue weighted by Gasteiger charge is 2.50. The number of sulfonamides is 1. The summed E-state index contributed by atoms with van der Waals surface area (Å²) in [5, 5.41) is 22.8. The fourth-order valence-electron chi connectivity index (χ4n) is 10.0. The van der Waals surface area contributed by atoms with Gasteiger partial charge in [0.1, 0.15) is 36.6 Å². The van der Waals surface area contributed by atoms with Gasteiger partial charge in [-0.1, -0.05) is 26.0 Å². The maximum atomic E-state index is 13.9. The third-order valence-corrected chi connectivity index (χ3v) is 17.0. The van der Waals surface area contributed by atoms with Crippen LogP contribution >= 0.6 is 0 Å². The molecule has 2 saturated heterocycles. The Labute approximate surface area is 520 Å². The van der Waals surface area contributed by atoms with E-state index in [1.54, 1.807) is 81.4 Å². The van der Waals surface area contributed by atoms with E-state index in [0.717, 1.165) is 4.90 Å². The summed E-state index contributed by atoms with van der Waals surface area (Å²) in [6.45, 7) is 7.31. The second-order valence-electron chi connectivity index (χ2n) is 22.0. The van der Waals surface area contributed by atoms with Crippen LogP contribution in [-0.4, -0.2) is 240 Å². The number of aromatic nitrogens is 5. The number of hydrogen-bond donors (Lipinski definition) is 4. The van der Waals surface area contributed by atoms with Gasteiger partial charge < -0.3 is 60.1 Å². The number of nitriles is 1. The molecule has 5 N–H and O–H groups in total. The number of nitrogens with two attached hydrogens (primary N) is 1. The number of likely N-dealkylation sites (N-methyl/N-ethyl adjacent to an activating group) is 2. The van der Waals surface area contributed by atoms with Gasteiger partial charge in [-0.2, -0.15) is 14.7 Å². The number of ether oxygens (including phenoxy) is 5. The lowest BCUT2D eigenvalue weighted by atomic mass is 9.89. The lowest BCUT2D eigenvalue weighted by molar-refractivity contribution is -0.143. The average molecular weight is 1270 g/mol. The molecular weight excluding hydrogens is 1190 g/mol. The number of anilines is 1. The van der Waals surface area contributed by atoms with E-state index in [1.165, 1.54) is 49.1 Å². The number of likely N-dealkylation sites (tertiary alicyclic amines) is 1. The van der Waals surface area contributed by atoms with E-state index in [0.29, 0.717) is 40.0 Å². The monoisotopic (exact) mass is 1270 g/mol. The largest absolute Gasteiger partial charge is 0.445 e. The van der Waals surface area contributed by atoms with Crippen molar-refractivity contribution in [2.24, 2.45) is 11.7 Å². The van der Waals surface area contributed by atoms with Crippen LogP contribution in [0.2, 0.25) is 0 Å². The highest BCUT2D eigenvalue weighted by Crippen LogP contribution is 2.36. The molecule has 90 heavy (non-hydrogen) atoms. The van der Waals surface area contributed by atoms with E-state index in [9.17, 15) is 56.8 Å². The summed E-state index contributed by atoms with van der Waals surface area (Å²) < 4.78 is 56.5. The highest BCUT2D eigenvalue weighted by molar-refractivity contribution is 7.89. The Morgan fingerprint density at radius 1 is 0.867 bits per heavy atom. The quantitative estimate of drug-likeness (QED) is 0.0366. The number of amides is 9. The molecule has 31 nitrogen and oxygen atoms in total. The molecule has 0 spiro atoms. The molecule has 4 aromatic rings. The van der Waals surface area contributed by atoms with E-state index in [2.05, 4.69) is 37.1 Å². The number of primary amides is 1. The van der Waals surface area contributed by atoms with Crippen molar-refractivity contribution in [2.45, 2.75) is 83.1 Å². The predicted molar refractivity (Wildman–Crippen MR) is 320 cm³/mol. The van der Waals surface area contributed by atoms with Crippen LogP contribution in [0.5, 0.6) is 0 Å². The molecule has 0 saturated carbocycles. The molecule has 3 atom stereocenters. The van der Waals surface area contributed by atoms with Gasteiger partial charge in [0.05, 0.1) is 96.0 Å². The normalized spacial score (nSPS) is 16.2. The molecule has 3 aromatic heterocycles. The first kappa shape index (κ1) is 68.7. The van der Waals surface area contributed by atoms with Crippen LogP contribution in [0.15, 0.2) is 67.4 Å². The molecule has 486 valence electrons. The first-order valence-electron chi connectivity index (χ1n) is 29.3. The van der Waals surface area contributed by atoms with Crippen molar-refractivity contribution in [1.82, 2.24) is 58.9 Å². The lowest BCUT2D eigenvalue weighted by Gasteiger charge is -2.47. The van der Waals surface area contributed by atoms with Crippen LogP contribution in [0, 0.1) is 17.2 Å². The van der Waals surface area contributed by atoms with Gasteiger partial charge in [-0.15, -0.1) is 0 Å². The second-order valence-corrected chi connectivity index (χ2v) is 24.2. The summed E-state index contributed by atoms with van der Waals surface area (Å²) in [5.41, 5.74) is 6.99. The number of fused-ring (bicyclic) bond motifs is 1. The minimum Gasteiger partial charge on any atom is -0.445 e. The van der Waals surface area contributed by atoms with Crippen LogP contribution in [0.4, 0.5) is 15.3 Å². The SMILES string of the molecule is CCS(=O)(=O)N1CC(CC#N)(n2cc(-c3ncnc4c3ccn4C(=O)N(C)CCN(C)C(=O)OCc3ccc(NC(=O)[C@@H](NC(=O)[C@@H]4CCCN4C(=O)[C@H](CC(N)=O)NC(=O)CCOCCOCCOCCOCCN4C(=O)C=CC4=O)C(C)C)cc3)cn2)C1. The zero-order chi connectivity index (χ0) is 65.1. The molecular formula is C58H77N15O16S. The number of rotatable bonds is 34. The maximum absolute atomic E-state index is 13.9. The zero-order valence-electron chi connectivity index (χ0n) is 50.9. The van der Waals surface area contributed by atoms with E-state index in [-0.39, 0.29) is 136 Å². The van der Waals surface area contributed by atoms with E-state index in [1.807, 2.05) is 0 Å². The van der Waals surface area contributed by atoms with E-state index in [4.69, 9.17) is 29.4 Å². The van der Waals surface area contributed by atoms with Crippen LogP contribution < -0.4 is 21.7 Å². The minimum absolute atomic E-state index is 0.0226. The van der Waals surface area contributed by atoms with Gasteiger partial charge in [-0.25, -0.2) is 28.0 Å². The molecule has 0 radical (unpaired) electrons. The smallest absolute Gasteiger partial charge is 0.409 e. The lowest BCUT2D eigenvalue weighted by Crippen LogP contribution is -2.64. The van der Waals surface area contributed by atoms with Crippen LogP contribution in [-0.2, 0) is 79.4 Å². The zero-order valence-corrected chi connectivity index (χ0v) is 51.8. The molecule has 0 bridgehead atoms. The molecule has 32 heteroatoms. The van der Waals surface area contributed by atoms with Gasteiger partial charge in [0.15, 0.2) is 5.65 Å². The standard InChI is InChI=1S/C58H77N15O16S/c1-6-90(83,84)69-36-58(37-69,17-18-59)73-34-41(33-63-73)51-43-15-20-72(52(43)62-38-61-51)56(81)67(4)21-22-68(5)57(82)89-35-40-9-11-42(12-10-40)64-54(79)50(39(2)3)66-53(78)45-8-7-19-70(45)55(80)44(32-46(60)74)65-47(75)16-24-85-26-28-87-30-31-88-29-27-86-25-23-71-48(76)13-14-49(71)77/h9-15,20,33-34,38-39,44-45,50H,6-8,16-17,19,21-32,35-37H2,1-5H3,(H2,60,74)(H,64,79)(H,65,75)(H,66,78)/t44-,45-,50-/m0/s1. The number of nitrogens with one attached hydrogen (secondary N) is 3. The molecule has 0 unspecified atom stereocenters. The summed E-state index contributed by atoms with van der Waals surface area (Å²) in [4.78, 5) is 130. The fraction of sp³-hybridized carbons (Fsp3) is 0.534. The van der Waals surface area contributed by atoms with Crippen molar-refractivity contribution < 1.29 is 75.3 Å². The van der Waals surface area contributed by atoms with Gasteiger partial charge in [-0.3, -0.25) is 47.7 Å². The van der Waals surface area contributed by atoms with E-state index >= 15 is 0 Å². The van der Waals surface area contributed by atoms with Crippen molar-refractivity contribution in [3.05, 3.63) is 73.0 Å². The minimum atomic E-state index is -3.44. The average Bonchev–Trinajstić information content (AvgIpc) is 1.26. The Balaban J connectivity index is 0.797. The van der Waals surface area contributed by atoms with Crippen molar-refractivity contribution in [2.75, 3.05) is 117 Å². The summed E-state index contributed by atoms with van der Waals surface area (Å²) in [7, 11) is -0.340. The first-order valence-corrected chi connectivity index (χ1v) is 31.0. The maximum Gasteiger partial charge on any atom is 0.409 e. The molecule has 9 amide bonds. The van der Waals surface area contributed by atoms with Gasteiger partial charge in [0, 0.05) is 94.4 Å². The Bertz CT molecular complexity index is 3400. The van der Waals surface area contributed by atoms with Crippen LogP contribution in [0.25, 0.3) is 22.3 Å². The molecule has 6 heterocycles. The van der Waals surface area contributed by atoms with Gasteiger partial charge >= 0.3 is 12.1 Å². The number of imide groups is 1. The Hall–Kier alpha value is -8.74. The highest BCUT2D eigenvalue weighted by atomic mass is 32.2. The summed E-state index contributed by atoms with van der Waals surface area (Å²) in [5.74, 6) is -4.45. The third-order valence-electron chi connectivity index (χ3n) is 15.2. The molecule has 2 fully saturated rings. The van der Waals surface area contributed by atoms with Crippen molar-refractivity contribution in [3.8, 4) is 17.3 Å². The molecule has 3 aliphatic heterocycles. The summed E-state index contributed by atoms with van der Waals surface area (Å²) in [6, 6.07) is 6.52. The Morgan fingerprint density at radius 2 is 1.51 bits per heavy atom. The van der Waals surface area contributed by atoms with Crippen molar-refractivity contribution >= 4 is 80.2 Å². The van der Waals surface area contributed by atoms with Gasteiger partial charge in [0.25, 0.3) is 11.8 Å². The summed E-state index contributed by atoms with van der Waals surface area (Å²) in [6.07, 6.45) is 7.98. The molecule has 3 aliphatic rings. The predicted octanol–water partition coefficient (Wildman–Crippen LogP) is 0.550. The van der Waals surface area contributed by atoms with E-state index < -0.39 is 87.7 Å². The number of carbonyl (C=O) groups excluding carboxylic acids is 9. The van der Waals surface area contributed by atoms with Gasteiger partial charge in [0.2, 0.25) is 39.6 Å². The van der Waals surface area contributed by atoms with Crippen LogP contribution in [0.1, 0.15) is 58.4 Å². The second kappa shape index (κ2) is 32.1. The van der Waals surface area contributed by atoms with Crippen molar-refractivity contribution in [1.29, 1.82) is 5.26 Å². The summed E-state index contributed by atoms with van der Waals surface area (Å²) >= 11 is 0. The topological polar surface area (TPSA) is 385 Å². The fourth-order valence-corrected chi connectivity index (χ4v) is 11.3. The molecule has 7 rings (SSSR count). The molecule has 1 aromatic carbocycles. The number of nitrogens with zero attached hydrogens (tertiary/aromatic N) is 11. The van der Waals surface area contributed by atoms with Gasteiger partial charge in [-0.05, 0) is 49.4 Å². The third kappa shape index (κ3) is 18.0. The number of hydrogen-bond acceptors (Lipinski definition) is 20. The van der Waals surface area contributed by atoms with Crippen molar-refractivity contribution in [3.63, 3.8) is 0 Å². The Morgan fingerprint density at radius 3 is 2.14 bits per heavy atom.